The van der Waals surface area contributed by atoms with E-state index in [2.05, 4.69) is 14.9 Å². The van der Waals surface area contributed by atoms with Crippen LogP contribution in [0.1, 0.15) is 44.5 Å². The number of esters is 1. The fourth-order valence-corrected chi connectivity index (χ4v) is 3.21. The van der Waals surface area contributed by atoms with Gasteiger partial charge in [-0.2, -0.15) is 0 Å². The first-order valence-corrected chi connectivity index (χ1v) is 6.96. The van der Waals surface area contributed by atoms with Crippen molar-refractivity contribution in [3.63, 3.8) is 0 Å². The molecule has 1 saturated carbocycles. The lowest BCUT2D eigenvalue weighted by Gasteiger charge is -2.39. The summed E-state index contributed by atoms with van der Waals surface area (Å²) in [5.74, 6) is 0.860. The van der Waals surface area contributed by atoms with Gasteiger partial charge in [-0.1, -0.05) is 6.92 Å². The van der Waals surface area contributed by atoms with E-state index in [0.717, 1.165) is 38.1 Å². The zero-order chi connectivity index (χ0) is 13.9. The summed E-state index contributed by atoms with van der Waals surface area (Å²) < 4.78 is 7.19. The molecular formula is C14H23N3O2. The molecule has 2 atom stereocenters. The third-order valence-corrected chi connectivity index (χ3v) is 4.07. The fraction of sp³-hybridized carbons (Fsp3) is 0.714. The number of imidazole rings is 1. The average Bonchev–Trinajstić information content (AvgIpc) is 2.84. The number of carbonyl (C=O) groups excluding carboxylic acids is 1. The lowest BCUT2D eigenvalue weighted by molar-refractivity contribution is -0.150. The molecule has 0 spiro atoms. The minimum absolute atomic E-state index is 0.142. The lowest BCUT2D eigenvalue weighted by atomic mass is 9.78. The predicted molar refractivity (Wildman–Crippen MR) is 72.9 cm³/mol. The number of ether oxygens (including phenoxy) is 1. The number of hydrogen-bond acceptors (Lipinski definition) is 4. The number of aryl methyl sites for hydroxylation is 1. The lowest BCUT2D eigenvalue weighted by Crippen LogP contribution is -2.55. The first kappa shape index (κ1) is 14.1. The molecule has 1 aromatic heterocycles. The largest absolute Gasteiger partial charge is 0.468 e. The minimum atomic E-state index is -0.539. The van der Waals surface area contributed by atoms with Gasteiger partial charge in [0.25, 0.3) is 0 Å². The molecule has 1 aromatic rings. The van der Waals surface area contributed by atoms with E-state index >= 15 is 0 Å². The molecule has 5 heteroatoms. The SMILES string of the molecule is CCNC1(C(=O)OC)CCCC(n2ccnc2C)C1. The first-order valence-electron chi connectivity index (χ1n) is 6.96. The van der Waals surface area contributed by atoms with Gasteiger partial charge >= 0.3 is 5.97 Å². The molecule has 1 heterocycles. The Morgan fingerprint density at radius 3 is 3.05 bits per heavy atom. The van der Waals surface area contributed by atoms with Crippen LogP contribution in [0.15, 0.2) is 12.4 Å². The standard InChI is InChI=1S/C14H23N3O2/c1-4-16-14(13(18)19-3)7-5-6-12(10-14)17-9-8-15-11(17)2/h8-9,12,16H,4-7,10H2,1-3H3. The molecular weight excluding hydrogens is 242 g/mol. The maximum atomic E-state index is 12.2. The van der Waals surface area contributed by atoms with Gasteiger partial charge in [-0.3, -0.25) is 4.79 Å². The number of likely N-dealkylation sites (N-methyl/N-ethyl adjacent to an activating group) is 1. The van der Waals surface area contributed by atoms with E-state index in [1.54, 1.807) is 0 Å². The van der Waals surface area contributed by atoms with E-state index in [1.807, 2.05) is 26.2 Å². The summed E-state index contributed by atoms with van der Waals surface area (Å²) in [5.41, 5.74) is -0.539. The number of hydrogen-bond donors (Lipinski definition) is 1. The second-order valence-corrected chi connectivity index (χ2v) is 5.24. The van der Waals surface area contributed by atoms with Crippen LogP contribution in [0.4, 0.5) is 0 Å². The van der Waals surface area contributed by atoms with Gasteiger partial charge in [0.2, 0.25) is 0 Å². The van der Waals surface area contributed by atoms with Crippen LogP contribution in [0.3, 0.4) is 0 Å². The summed E-state index contributed by atoms with van der Waals surface area (Å²) in [4.78, 5) is 16.4. The molecule has 0 bridgehead atoms. The van der Waals surface area contributed by atoms with Crippen molar-refractivity contribution in [3.05, 3.63) is 18.2 Å². The minimum Gasteiger partial charge on any atom is -0.468 e. The van der Waals surface area contributed by atoms with Crippen LogP contribution in [-0.2, 0) is 9.53 Å². The number of methoxy groups -OCH3 is 1. The van der Waals surface area contributed by atoms with E-state index in [4.69, 9.17) is 4.74 Å². The van der Waals surface area contributed by atoms with Crippen LogP contribution in [0.5, 0.6) is 0 Å². The van der Waals surface area contributed by atoms with Gasteiger partial charge < -0.3 is 14.6 Å². The van der Waals surface area contributed by atoms with Gasteiger partial charge in [-0.15, -0.1) is 0 Å². The van der Waals surface area contributed by atoms with Crippen molar-refractivity contribution >= 4 is 5.97 Å². The Labute approximate surface area is 114 Å². The van der Waals surface area contributed by atoms with E-state index in [-0.39, 0.29) is 5.97 Å². The van der Waals surface area contributed by atoms with Gasteiger partial charge in [0.1, 0.15) is 11.4 Å². The smallest absolute Gasteiger partial charge is 0.326 e. The highest BCUT2D eigenvalue weighted by molar-refractivity contribution is 5.81. The third-order valence-electron chi connectivity index (χ3n) is 4.07. The summed E-state index contributed by atoms with van der Waals surface area (Å²) in [7, 11) is 1.47. The monoisotopic (exact) mass is 265 g/mol. The Balaban J connectivity index is 2.22. The zero-order valence-corrected chi connectivity index (χ0v) is 12.0. The molecule has 19 heavy (non-hydrogen) atoms. The van der Waals surface area contributed by atoms with Gasteiger partial charge in [0.05, 0.1) is 7.11 Å². The summed E-state index contributed by atoms with van der Waals surface area (Å²) >= 11 is 0. The van der Waals surface area contributed by atoms with Crippen molar-refractivity contribution in [2.45, 2.75) is 51.1 Å². The second kappa shape index (κ2) is 5.74. The molecule has 0 aliphatic heterocycles. The highest BCUT2D eigenvalue weighted by Gasteiger charge is 2.43. The van der Waals surface area contributed by atoms with Crippen molar-refractivity contribution in [2.24, 2.45) is 0 Å². The number of nitrogens with one attached hydrogen (secondary N) is 1. The fourth-order valence-electron chi connectivity index (χ4n) is 3.21. The van der Waals surface area contributed by atoms with Crippen molar-refractivity contribution in [1.29, 1.82) is 0 Å². The van der Waals surface area contributed by atoms with E-state index < -0.39 is 5.54 Å². The Hall–Kier alpha value is -1.36. The third kappa shape index (κ3) is 2.66. The Morgan fingerprint density at radius 1 is 1.68 bits per heavy atom. The molecule has 5 nitrogen and oxygen atoms in total. The molecule has 2 rings (SSSR count). The summed E-state index contributed by atoms with van der Waals surface area (Å²) in [6.45, 7) is 4.79. The number of aromatic nitrogens is 2. The quantitative estimate of drug-likeness (QED) is 0.844. The Bertz CT molecular complexity index is 440. The molecule has 0 amide bonds. The van der Waals surface area contributed by atoms with Crippen LogP contribution >= 0.6 is 0 Å². The van der Waals surface area contributed by atoms with Gasteiger partial charge in [-0.05, 0) is 39.2 Å². The summed E-state index contributed by atoms with van der Waals surface area (Å²) in [5, 5.41) is 3.35. The van der Waals surface area contributed by atoms with Gasteiger partial charge in [0, 0.05) is 18.4 Å². The molecule has 1 aliphatic carbocycles. The molecule has 0 radical (unpaired) electrons. The van der Waals surface area contributed by atoms with Crippen LogP contribution in [-0.4, -0.2) is 34.7 Å². The van der Waals surface area contributed by atoms with Crippen LogP contribution in [0, 0.1) is 6.92 Å². The van der Waals surface area contributed by atoms with Crippen molar-refractivity contribution in [3.8, 4) is 0 Å². The van der Waals surface area contributed by atoms with Gasteiger partial charge in [0.15, 0.2) is 0 Å². The van der Waals surface area contributed by atoms with Crippen molar-refractivity contribution < 1.29 is 9.53 Å². The highest BCUT2D eigenvalue weighted by atomic mass is 16.5. The van der Waals surface area contributed by atoms with Crippen LogP contribution < -0.4 is 5.32 Å². The number of carbonyl (C=O) groups is 1. The summed E-state index contributed by atoms with van der Waals surface area (Å²) in [6, 6.07) is 0.314. The molecule has 1 aliphatic rings. The Kier molecular flexibility index (Phi) is 4.24. The number of nitrogens with zero attached hydrogens (tertiary/aromatic N) is 2. The number of rotatable bonds is 4. The van der Waals surface area contributed by atoms with E-state index in [1.165, 1.54) is 7.11 Å². The maximum Gasteiger partial charge on any atom is 0.326 e. The first-order chi connectivity index (χ1) is 9.13. The average molecular weight is 265 g/mol. The molecule has 1 N–H and O–H groups in total. The maximum absolute atomic E-state index is 12.2. The topological polar surface area (TPSA) is 56.1 Å². The van der Waals surface area contributed by atoms with E-state index in [9.17, 15) is 4.79 Å². The second-order valence-electron chi connectivity index (χ2n) is 5.24. The molecule has 106 valence electrons. The predicted octanol–water partition coefficient (Wildman–Crippen LogP) is 1.83. The molecule has 0 saturated heterocycles. The molecule has 2 unspecified atom stereocenters. The van der Waals surface area contributed by atoms with Crippen molar-refractivity contribution in [1.82, 2.24) is 14.9 Å². The summed E-state index contributed by atoms with van der Waals surface area (Å²) in [6.07, 6.45) is 7.53. The van der Waals surface area contributed by atoms with E-state index in [0.29, 0.717) is 6.04 Å². The normalized spacial score (nSPS) is 27.2. The van der Waals surface area contributed by atoms with Gasteiger partial charge in [-0.25, -0.2) is 4.98 Å². The molecule has 1 fully saturated rings. The van der Waals surface area contributed by atoms with Crippen LogP contribution in [0.2, 0.25) is 0 Å². The highest BCUT2D eigenvalue weighted by Crippen LogP contribution is 2.36. The molecule has 0 aromatic carbocycles. The van der Waals surface area contributed by atoms with Crippen LogP contribution in [0.25, 0.3) is 0 Å². The zero-order valence-electron chi connectivity index (χ0n) is 12.0. The Morgan fingerprint density at radius 2 is 2.47 bits per heavy atom. The van der Waals surface area contributed by atoms with Crippen molar-refractivity contribution in [2.75, 3.05) is 13.7 Å².